The fourth-order valence-corrected chi connectivity index (χ4v) is 10.6. The maximum absolute atomic E-state index is 13.5. The highest BCUT2D eigenvalue weighted by molar-refractivity contribution is 6.31. The van der Waals surface area contributed by atoms with Gasteiger partial charge in [-0.05, 0) is 86.7 Å². The van der Waals surface area contributed by atoms with E-state index in [0.29, 0.717) is 28.5 Å². The third-order valence-electron chi connectivity index (χ3n) is 13.4. The van der Waals surface area contributed by atoms with Gasteiger partial charge >= 0.3 is 0 Å². The van der Waals surface area contributed by atoms with E-state index < -0.39 is 29.7 Å². The minimum Gasteiger partial charge on any atom is -0.489 e. The van der Waals surface area contributed by atoms with Crippen LogP contribution < -0.4 is 20.3 Å². The average Bonchev–Trinajstić information content (AvgIpc) is 3.47. The van der Waals surface area contributed by atoms with Gasteiger partial charge in [0.25, 0.3) is 17.7 Å². The molecule has 13 nitrogen and oxygen atoms in total. The highest BCUT2D eigenvalue weighted by Gasteiger charge is 2.64. The Labute approximate surface area is 355 Å². The average molecular weight is 835 g/mol. The topological polar surface area (TPSA) is 161 Å². The number of nitriles is 1. The lowest BCUT2D eigenvalue weighted by Gasteiger charge is -2.63. The summed E-state index contributed by atoms with van der Waals surface area (Å²) in [6.45, 7) is 13.2. The number of nitrogens with one attached hydrogen (secondary N) is 2. The Morgan fingerprint density at radius 1 is 0.950 bits per heavy atom. The molecule has 1 atom stereocenters. The Morgan fingerprint density at radius 2 is 1.67 bits per heavy atom. The highest BCUT2D eigenvalue weighted by Crippen LogP contribution is 2.55. The van der Waals surface area contributed by atoms with Gasteiger partial charge in [0.2, 0.25) is 11.8 Å². The van der Waals surface area contributed by atoms with Gasteiger partial charge in [0.1, 0.15) is 24.0 Å². The number of morpholine rings is 1. The molecule has 3 saturated heterocycles. The number of piperidine rings is 2. The summed E-state index contributed by atoms with van der Waals surface area (Å²) in [6.07, 6.45) is 3.54. The first-order chi connectivity index (χ1) is 28.6. The molecule has 3 aromatic carbocycles. The van der Waals surface area contributed by atoms with Crippen LogP contribution in [-0.4, -0.2) is 102 Å². The molecular weight excluding hydrogens is 784 g/mol. The molecule has 1 unspecified atom stereocenters. The first-order valence-corrected chi connectivity index (χ1v) is 21.2. The molecule has 60 heavy (non-hydrogen) atoms. The summed E-state index contributed by atoms with van der Waals surface area (Å²) < 4.78 is 12.8. The molecule has 314 valence electrons. The Balaban J connectivity index is 0.798. The number of halogens is 1. The van der Waals surface area contributed by atoms with E-state index in [1.54, 1.807) is 30.3 Å². The number of rotatable bonds is 10. The molecule has 5 aliphatic rings. The first kappa shape index (κ1) is 41.4. The van der Waals surface area contributed by atoms with Crippen molar-refractivity contribution in [3.05, 3.63) is 93.5 Å². The zero-order valence-corrected chi connectivity index (χ0v) is 35.3. The summed E-state index contributed by atoms with van der Waals surface area (Å²) in [4.78, 5) is 69.9. The van der Waals surface area contributed by atoms with Crippen LogP contribution in [0.1, 0.15) is 102 Å². The van der Waals surface area contributed by atoms with Gasteiger partial charge in [0.05, 0.1) is 33.9 Å². The summed E-state index contributed by atoms with van der Waals surface area (Å²) in [6, 6.07) is 19.2. The van der Waals surface area contributed by atoms with Crippen molar-refractivity contribution < 1.29 is 33.4 Å². The molecule has 0 radical (unpaired) electrons. The van der Waals surface area contributed by atoms with E-state index in [0.717, 1.165) is 69.0 Å². The van der Waals surface area contributed by atoms with E-state index in [1.807, 2.05) is 30.3 Å². The molecule has 4 aliphatic heterocycles. The summed E-state index contributed by atoms with van der Waals surface area (Å²) in [7, 11) is 0. The molecule has 5 amide bonds. The second-order valence-corrected chi connectivity index (χ2v) is 18.5. The van der Waals surface area contributed by atoms with E-state index in [9.17, 15) is 29.2 Å². The lowest BCUT2D eigenvalue weighted by molar-refractivity contribution is -0.164. The van der Waals surface area contributed by atoms with Crippen molar-refractivity contribution >= 4 is 46.8 Å². The van der Waals surface area contributed by atoms with Crippen LogP contribution in [0.3, 0.4) is 0 Å². The number of nitrogens with zero attached hydrogens (tertiary/aromatic N) is 4. The minimum absolute atomic E-state index is 0.0819. The number of aryl methyl sites for hydroxylation is 1. The number of fused-ring (bicyclic) bond motifs is 1. The van der Waals surface area contributed by atoms with Crippen LogP contribution in [0.5, 0.6) is 5.75 Å². The van der Waals surface area contributed by atoms with Gasteiger partial charge in [-0.25, -0.2) is 0 Å². The van der Waals surface area contributed by atoms with Crippen LogP contribution in [0, 0.1) is 22.2 Å². The monoisotopic (exact) mass is 834 g/mol. The lowest BCUT2D eigenvalue weighted by atomic mass is 9.49. The van der Waals surface area contributed by atoms with E-state index in [4.69, 9.17) is 21.1 Å². The van der Waals surface area contributed by atoms with Crippen molar-refractivity contribution in [2.45, 2.75) is 90.0 Å². The van der Waals surface area contributed by atoms with Gasteiger partial charge in [0.15, 0.2) is 0 Å². The van der Waals surface area contributed by atoms with E-state index in [-0.39, 0.29) is 58.5 Å². The zero-order chi connectivity index (χ0) is 42.6. The summed E-state index contributed by atoms with van der Waals surface area (Å²) >= 11 is 6.25. The molecule has 0 aromatic heterocycles. The number of imide groups is 2. The predicted octanol–water partition coefficient (Wildman–Crippen LogP) is 5.53. The number of hydrogen-bond donors (Lipinski definition) is 2. The molecule has 14 heteroatoms. The van der Waals surface area contributed by atoms with Crippen molar-refractivity contribution in [3.8, 4) is 11.8 Å². The summed E-state index contributed by atoms with van der Waals surface area (Å²) in [5.74, 6) is -1.54. The number of carbonyl (C=O) groups excluding carboxylic acids is 5. The van der Waals surface area contributed by atoms with E-state index >= 15 is 0 Å². The lowest BCUT2D eigenvalue weighted by Crippen LogP contribution is -2.74. The van der Waals surface area contributed by atoms with Crippen molar-refractivity contribution in [2.75, 3.05) is 44.2 Å². The smallest absolute Gasteiger partial charge is 0.262 e. The molecule has 1 spiro atoms. The van der Waals surface area contributed by atoms with Gasteiger partial charge in [-0.1, -0.05) is 51.4 Å². The third kappa shape index (κ3) is 7.65. The largest absolute Gasteiger partial charge is 0.489 e. The maximum Gasteiger partial charge on any atom is 0.262 e. The van der Waals surface area contributed by atoms with Gasteiger partial charge < -0.3 is 19.7 Å². The standard InChI is InChI=1S/C46H51ClN6O7/c1-44(2)42(45(3,4)43(44)60-32-13-11-30(26-48)35(47)25-32)50-38(55)29-9-7-28(8-10-29)6-5-19-51-22-23-59-46(27-51)17-20-52(21-18-46)31-12-14-33-34(24-31)41(58)53(40(33)57)36-15-16-37(54)49-39(36)56/h7-14,24-25,36,42-43H,5-6,15-23,27H2,1-4H3,(H,50,55)(H,49,54,56). The SMILES string of the molecule is CC1(C)C(NC(=O)c2ccc(CCCN3CCOC4(CCN(c5ccc6c(c5)C(=O)N(C5CCC(=O)NC5=O)C6=O)CC4)C3)cc2)C(C)(C)C1Oc1ccc(C#N)c(Cl)c1. The Hall–Kier alpha value is -5.29. The van der Waals surface area contributed by atoms with Gasteiger partial charge in [-0.2, -0.15) is 5.26 Å². The quantitative estimate of drug-likeness (QED) is 0.249. The number of anilines is 1. The maximum atomic E-state index is 13.5. The second-order valence-electron chi connectivity index (χ2n) is 18.1. The molecule has 4 fully saturated rings. The van der Waals surface area contributed by atoms with Crippen LogP contribution in [0.25, 0.3) is 0 Å². The van der Waals surface area contributed by atoms with Crippen molar-refractivity contribution in [2.24, 2.45) is 10.8 Å². The molecule has 4 heterocycles. The predicted molar refractivity (Wildman–Crippen MR) is 224 cm³/mol. The fourth-order valence-electron chi connectivity index (χ4n) is 10.4. The summed E-state index contributed by atoms with van der Waals surface area (Å²) in [5.41, 5.74) is 2.65. The van der Waals surface area contributed by atoms with E-state index in [1.165, 1.54) is 5.56 Å². The van der Waals surface area contributed by atoms with Crippen LogP contribution in [0.4, 0.5) is 5.69 Å². The van der Waals surface area contributed by atoms with Gasteiger partial charge in [-0.15, -0.1) is 0 Å². The van der Waals surface area contributed by atoms with E-state index in [2.05, 4.69) is 54.2 Å². The third-order valence-corrected chi connectivity index (χ3v) is 13.7. The molecule has 3 aromatic rings. The number of hydrogen-bond acceptors (Lipinski definition) is 10. The molecule has 0 bridgehead atoms. The van der Waals surface area contributed by atoms with Gasteiger partial charge in [0, 0.05) is 66.8 Å². The van der Waals surface area contributed by atoms with Crippen LogP contribution >= 0.6 is 11.6 Å². The van der Waals surface area contributed by atoms with Crippen LogP contribution in [0.2, 0.25) is 5.02 Å². The van der Waals surface area contributed by atoms with Crippen molar-refractivity contribution in [1.82, 2.24) is 20.4 Å². The van der Waals surface area contributed by atoms with Crippen molar-refractivity contribution in [1.29, 1.82) is 5.26 Å². The second kappa shape index (κ2) is 16.0. The Morgan fingerprint density at radius 3 is 2.35 bits per heavy atom. The number of amides is 5. The molecular formula is C46H51ClN6O7. The van der Waals surface area contributed by atoms with Crippen molar-refractivity contribution in [3.63, 3.8) is 0 Å². The zero-order valence-electron chi connectivity index (χ0n) is 34.5. The minimum atomic E-state index is -0.988. The summed E-state index contributed by atoms with van der Waals surface area (Å²) in [5, 5.41) is 15.1. The Bertz CT molecular complexity index is 2260. The van der Waals surface area contributed by atoms with Crippen LogP contribution in [-0.2, 0) is 20.7 Å². The highest BCUT2D eigenvalue weighted by atomic mass is 35.5. The Kier molecular flexibility index (Phi) is 11.0. The first-order valence-electron chi connectivity index (χ1n) is 20.8. The van der Waals surface area contributed by atoms with Gasteiger partial charge in [-0.3, -0.25) is 39.1 Å². The number of ether oxygens (including phenoxy) is 2. The molecule has 1 aliphatic carbocycles. The number of benzene rings is 3. The molecule has 2 N–H and O–H groups in total. The van der Waals surface area contributed by atoms with Crippen LogP contribution in [0.15, 0.2) is 60.7 Å². The molecule has 8 rings (SSSR count). The normalized spacial score (nSPS) is 24.4. The molecule has 1 saturated carbocycles. The number of carbonyl (C=O) groups is 5. The fraction of sp³-hybridized carbons (Fsp3) is 0.478.